The molecule has 2 aromatic rings. The molecule has 7 heteroatoms. The van der Waals surface area contributed by atoms with E-state index in [9.17, 15) is 20.0 Å². The molecule has 0 aliphatic carbocycles. The van der Waals surface area contributed by atoms with Gasteiger partial charge in [-0.15, -0.1) is 0 Å². The summed E-state index contributed by atoms with van der Waals surface area (Å²) in [5.74, 6) is -0.817. The molecule has 0 bridgehead atoms. The van der Waals surface area contributed by atoms with Gasteiger partial charge in [-0.25, -0.2) is 0 Å². The van der Waals surface area contributed by atoms with Crippen molar-refractivity contribution in [3.63, 3.8) is 0 Å². The van der Waals surface area contributed by atoms with E-state index >= 15 is 0 Å². The lowest BCUT2D eigenvalue weighted by molar-refractivity contribution is -0.384. The van der Waals surface area contributed by atoms with Gasteiger partial charge in [0.05, 0.1) is 10.5 Å². The van der Waals surface area contributed by atoms with Gasteiger partial charge in [0.15, 0.2) is 0 Å². The smallest absolute Gasteiger partial charge is 0.270 e. The number of anilines is 2. The quantitative estimate of drug-likeness (QED) is 0.688. The summed E-state index contributed by atoms with van der Waals surface area (Å²) in [5, 5.41) is 20.8. The molecule has 0 atom stereocenters. The second kappa shape index (κ2) is 6.57. The Bertz CT molecular complexity index is 802. The molecule has 0 aliphatic rings. The van der Waals surface area contributed by atoms with Crippen molar-refractivity contribution in [2.75, 3.05) is 30.9 Å². The van der Waals surface area contributed by atoms with Gasteiger partial charge in [0.25, 0.3) is 11.6 Å². The molecule has 2 aromatic carbocycles. The van der Waals surface area contributed by atoms with Crippen LogP contribution >= 0.6 is 0 Å². The van der Waals surface area contributed by atoms with Crippen LogP contribution in [0.5, 0.6) is 5.75 Å². The first-order chi connectivity index (χ1) is 11.2. The van der Waals surface area contributed by atoms with Crippen molar-refractivity contribution in [1.82, 2.24) is 0 Å². The molecule has 1 N–H and O–H groups in total. The minimum Gasteiger partial charge on any atom is -0.507 e. The number of amides is 1. The minimum atomic E-state index is -0.605. The predicted octanol–water partition coefficient (Wildman–Crippen LogP) is 2.95. The molecule has 0 spiro atoms. The van der Waals surface area contributed by atoms with Crippen LogP contribution in [0.1, 0.15) is 15.9 Å². The van der Waals surface area contributed by atoms with Gasteiger partial charge in [-0.1, -0.05) is 6.07 Å². The first kappa shape index (κ1) is 17.3. The molecule has 0 saturated carbocycles. The Kier molecular flexibility index (Phi) is 4.73. The number of rotatable bonds is 4. The highest BCUT2D eigenvalue weighted by Crippen LogP contribution is 2.28. The molecule has 7 nitrogen and oxygen atoms in total. The van der Waals surface area contributed by atoms with E-state index in [0.29, 0.717) is 5.69 Å². The van der Waals surface area contributed by atoms with Crippen molar-refractivity contribution >= 4 is 23.0 Å². The summed E-state index contributed by atoms with van der Waals surface area (Å²) in [4.78, 5) is 26.2. The first-order valence-corrected chi connectivity index (χ1v) is 7.26. The third-order valence-electron chi connectivity index (χ3n) is 3.79. The lowest BCUT2D eigenvalue weighted by atomic mass is 10.1. The Morgan fingerprint density at radius 1 is 1.12 bits per heavy atom. The van der Waals surface area contributed by atoms with Crippen LogP contribution in [0, 0.1) is 17.0 Å². The molecule has 0 saturated heterocycles. The minimum absolute atomic E-state index is 0.112. The van der Waals surface area contributed by atoms with Crippen LogP contribution in [0.3, 0.4) is 0 Å². The maximum Gasteiger partial charge on any atom is 0.270 e. The second-order valence-electron chi connectivity index (χ2n) is 5.69. The van der Waals surface area contributed by atoms with E-state index in [0.717, 1.165) is 29.4 Å². The Morgan fingerprint density at radius 3 is 2.38 bits per heavy atom. The number of hydrogen-bond donors (Lipinski definition) is 1. The summed E-state index contributed by atoms with van der Waals surface area (Å²) < 4.78 is 0. The fourth-order valence-corrected chi connectivity index (χ4v) is 2.40. The van der Waals surface area contributed by atoms with E-state index in [2.05, 4.69) is 0 Å². The number of carbonyl (C=O) groups is 1. The molecular formula is C17H19N3O4. The lowest BCUT2D eigenvalue weighted by Gasteiger charge is -2.22. The van der Waals surface area contributed by atoms with Crippen LogP contribution in [0.15, 0.2) is 36.4 Å². The zero-order chi connectivity index (χ0) is 18.0. The Balaban J connectivity index is 2.42. The highest BCUT2D eigenvalue weighted by atomic mass is 16.6. The maximum atomic E-state index is 12.6. The standard InChI is InChI=1S/C17H19N3O4/c1-11-5-6-12(10-15(11)18(2)3)19(4)17(22)14-9-13(20(23)24)7-8-16(14)21/h5-10,21H,1-4H3. The molecule has 2 rings (SSSR count). The van der Waals surface area contributed by atoms with E-state index < -0.39 is 10.8 Å². The summed E-state index contributed by atoms with van der Waals surface area (Å²) in [6.45, 7) is 1.97. The average molecular weight is 329 g/mol. The third kappa shape index (κ3) is 3.29. The van der Waals surface area contributed by atoms with E-state index in [-0.39, 0.29) is 17.0 Å². The van der Waals surface area contributed by atoms with Gasteiger partial charge < -0.3 is 14.9 Å². The number of nitrogens with zero attached hydrogens (tertiary/aromatic N) is 3. The van der Waals surface area contributed by atoms with Crippen molar-refractivity contribution < 1.29 is 14.8 Å². The highest BCUT2D eigenvalue weighted by molar-refractivity contribution is 6.08. The molecule has 126 valence electrons. The summed E-state index contributed by atoms with van der Waals surface area (Å²) >= 11 is 0. The number of aromatic hydroxyl groups is 1. The number of non-ortho nitro benzene ring substituents is 1. The number of aryl methyl sites for hydroxylation is 1. The number of hydrogen-bond acceptors (Lipinski definition) is 5. The molecule has 0 radical (unpaired) electrons. The van der Waals surface area contributed by atoms with Crippen LogP contribution in [0.25, 0.3) is 0 Å². The molecule has 0 fully saturated rings. The number of nitro benzene ring substituents is 1. The second-order valence-corrected chi connectivity index (χ2v) is 5.69. The Labute approximate surface area is 139 Å². The van der Waals surface area contributed by atoms with E-state index in [1.807, 2.05) is 38.1 Å². The Hall–Kier alpha value is -3.09. The fraction of sp³-hybridized carbons (Fsp3) is 0.235. The van der Waals surface area contributed by atoms with Crippen molar-refractivity contribution in [2.24, 2.45) is 0 Å². The SMILES string of the molecule is Cc1ccc(N(C)C(=O)c2cc([N+](=O)[O-])ccc2O)cc1N(C)C. The lowest BCUT2D eigenvalue weighted by Crippen LogP contribution is -2.26. The van der Waals surface area contributed by atoms with E-state index in [1.54, 1.807) is 13.1 Å². The van der Waals surface area contributed by atoms with Crippen molar-refractivity contribution in [3.05, 3.63) is 57.6 Å². The summed E-state index contributed by atoms with van der Waals surface area (Å²) in [7, 11) is 5.37. The van der Waals surface area contributed by atoms with E-state index in [4.69, 9.17) is 0 Å². The fourth-order valence-electron chi connectivity index (χ4n) is 2.40. The summed E-state index contributed by atoms with van der Waals surface area (Å²) in [6, 6.07) is 8.91. The average Bonchev–Trinajstić information content (AvgIpc) is 2.53. The van der Waals surface area contributed by atoms with Crippen molar-refractivity contribution in [1.29, 1.82) is 0 Å². The molecule has 0 aliphatic heterocycles. The largest absolute Gasteiger partial charge is 0.507 e. The van der Waals surface area contributed by atoms with Crippen LogP contribution < -0.4 is 9.80 Å². The molecule has 0 heterocycles. The van der Waals surface area contributed by atoms with Crippen molar-refractivity contribution in [3.8, 4) is 5.75 Å². The number of phenolic OH excluding ortho intramolecular Hbond substituents is 1. The molecule has 0 aromatic heterocycles. The van der Waals surface area contributed by atoms with Crippen LogP contribution in [0.2, 0.25) is 0 Å². The van der Waals surface area contributed by atoms with Gasteiger partial charge >= 0.3 is 0 Å². The van der Waals surface area contributed by atoms with Gasteiger partial charge in [0.1, 0.15) is 5.75 Å². The third-order valence-corrected chi connectivity index (χ3v) is 3.79. The zero-order valence-corrected chi connectivity index (χ0v) is 14.0. The van der Waals surface area contributed by atoms with Gasteiger partial charge in [-0.05, 0) is 30.7 Å². The summed E-state index contributed by atoms with van der Waals surface area (Å²) in [6.07, 6.45) is 0. The number of carbonyl (C=O) groups excluding carboxylic acids is 1. The number of benzene rings is 2. The Morgan fingerprint density at radius 2 is 1.79 bits per heavy atom. The monoisotopic (exact) mass is 329 g/mol. The van der Waals surface area contributed by atoms with Crippen LogP contribution in [-0.4, -0.2) is 37.1 Å². The van der Waals surface area contributed by atoms with Crippen molar-refractivity contribution in [2.45, 2.75) is 6.92 Å². The molecule has 0 unspecified atom stereocenters. The topological polar surface area (TPSA) is 86.9 Å². The molecule has 1 amide bonds. The van der Waals surface area contributed by atoms with Gasteiger partial charge in [-0.2, -0.15) is 0 Å². The van der Waals surface area contributed by atoms with Gasteiger partial charge in [-0.3, -0.25) is 14.9 Å². The van der Waals surface area contributed by atoms with E-state index in [1.165, 1.54) is 4.90 Å². The van der Waals surface area contributed by atoms with Gasteiger partial charge in [0.2, 0.25) is 0 Å². The highest BCUT2D eigenvalue weighted by Gasteiger charge is 2.21. The number of nitro groups is 1. The molecule has 24 heavy (non-hydrogen) atoms. The maximum absolute atomic E-state index is 12.6. The van der Waals surface area contributed by atoms with Crippen LogP contribution in [0.4, 0.5) is 17.1 Å². The first-order valence-electron chi connectivity index (χ1n) is 7.26. The number of phenols is 1. The summed E-state index contributed by atoms with van der Waals surface area (Å²) in [5.41, 5.74) is 2.28. The molecular weight excluding hydrogens is 310 g/mol. The zero-order valence-electron chi connectivity index (χ0n) is 14.0. The van der Waals surface area contributed by atoms with Gasteiger partial charge in [0, 0.05) is 44.7 Å². The predicted molar refractivity (Wildman–Crippen MR) is 93.0 cm³/mol. The van der Waals surface area contributed by atoms with Crippen LogP contribution in [-0.2, 0) is 0 Å². The normalized spacial score (nSPS) is 10.3.